The van der Waals surface area contributed by atoms with E-state index in [0.29, 0.717) is 6.54 Å². The summed E-state index contributed by atoms with van der Waals surface area (Å²) in [5, 5.41) is 10.6. The molecule has 25 heavy (non-hydrogen) atoms. The maximum absolute atomic E-state index is 12.2. The van der Waals surface area contributed by atoms with Gasteiger partial charge in [0.25, 0.3) is 0 Å². The Hall–Kier alpha value is -2.18. The van der Waals surface area contributed by atoms with Crippen molar-refractivity contribution >= 4 is 5.91 Å². The maximum atomic E-state index is 12.2. The Morgan fingerprint density at radius 1 is 1.32 bits per heavy atom. The van der Waals surface area contributed by atoms with Gasteiger partial charge in [0, 0.05) is 44.1 Å². The smallest absolute Gasteiger partial charge is 0.234 e. The van der Waals surface area contributed by atoms with E-state index in [1.165, 1.54) is 5.56 Å². The van der Waals surface area contributed by atoms with Crippen molar-refractivity contribution in [3.8, 4) is 0 Å². The van der Waals surface area contributed by atoms with Crippen LogP contribution >= 0.6 is 0 Å². The second kappa shape index (κ2) is 8.78. The lowest BCUT2D eigenvalue weighted by atomic mass is 10.2. The van der Waals surface area contributed by atoms with Crippen molar-refractivity contribution in [1.82, 2.24) is 25.3 Å². The first-order valence-electron chi connectivity index (χ1n) is 8.95. The fraction of sp³-hybridized carbons (Fsp3) is 0.474. The summed E-state index contributed by atoms with van der Waals surface area (Å²) in [4.78, 5) is 14.6. The molecule has 1 aromatic carbocycles. The standard InChI is InChI=1S/C19H27N5O/c1-16(13-24-10-5-9-21-24)20-12-19(25)22-18-8-11-23(15-18)14-17-6-3-2-4-7-17/h2-7,9-10,16,18,20H,8,11-15H2,1H3,(H,22,25). The molecule has 1 amide bonds. The Bertz CT molecular complexity index is 643. The number of hydrogen-bond donors (Lipinski definition) is 2. The number of rotatable bonds is 8. The third kappa shape index (κ3) is 5.69. The van der Waals surface area contributed by atoms with Crippen molar-refractivity contribution in [2.75, 3.05) is 19.6 Å². The zero-order valence-corrected chi connectivity index (χ0v) is 14.8. The molecule has 1 aromatic heterocycles. The van der Waals surface area contributed by atoms with Crippen molar-refractivity contribution in [3.63, 3.8) is 0 Å². The van der Waals surface area contributed by atoms with E-state index in [0.717, 1.165) is 32.6 Å². The number of carbonyl (C=O) groups excluding carboxylic acids is 1. The van der Waals surface area contributed by atoms with Crippen LogP contribution in [-0.2, 0) is 17.9 Å². The molecule has 6 nitrogen and oxygen atoms in total. The van der Waals surface area contributed by atoms with Gasteiger partial charge in [0.1, 0.15) is 0 Å². The molecule has 1 fully saturated rings. The minimum absolute atomic E-state index is 0.0684. The van der Waals surface area contributed by atoms with Gasteiger partial charge in [-0.3, -0.25) is 14.4 Å². The fourth-order valence-electron chi connectivity index (χ4n) is 3.23. The highest BCUT2D eigenvalue weighted by molar-refractivity contribution is 5.78. The minimum Gasteiger partial charge on any atom is -0.351 e. The van der Waals surface area contributed by atoms with Crippen LogP contribution in [0, 0.1) is 0 Å². The Morgan fingerprint density at radius 3 is 2.92 bits per heavy atom. The van der Waals surface area contributed by atoms with Gasteiger partial charge >= 0.3 is 0 Å². The number of nitrogens with zero attached hydrogens (tertiary/aromatic N) is 3. The van der Waals surface area contributed by atoms with Gasteiger partial charge < -0.3 is 10.6 Å². The summed E-state index contributed by atoms with van der Waals surface area (Å²) in [6.45, 7) is 6.07. The largest absolute Gasteiger partial charge is 0.351 e. The molecule has 0 aliphatic carbocycles. The first kappa shape index (κ1) is 17.6. The zero-order valence-electron chi connectivity index (χ0n) is 14.8. The molecule has 0 bridgehead atoms. The second-order valence-corrected chi connectivity index (χ2v) is 6.78. The highest BCUT2D eigenvalue weighted by Crippen LogP contribution is 2.13. The molecule has 134 valence electrons. The predicted octanol–water partition coefficient (Wildman–Crippen LogP) is 1.25. The summed E-state index contributed by atoms with van der Waals surface area (Å²) < 4.78 is 1.87. The molecule has 2 aromatic rings. The zero-order chi connectivity index (χ0) is 17.5. The monoisotopic (exact) mass is 341 g/mol. The number of amides is 1. The number of hydrogen-bond acceptors (Lipinski definition) is 4. The van der Waals surface area contributed by atoms with E-state index in [2.05, 4.69) is 51.8 Å². The van der Waals surface area contributed by atoms with Crippen LogP contribution in [0.4, 0.5) is 0 Å². The molecule has 1 aliphatic rings. The first-order valence-corrected chi connectivity index (χ1v) is 8.95. The fourth-order valence-corrected chi connectivity index (χ4v) is 3.23. The SMILES string of the molecule is CC(Cn1cccn1)NCC(=O)NC1CCN(Cc2ccccc2)C1. The topological polar surface area (TPSA) is 62.2 Å². The molecule has 1 aliphatic heterocycles. The van der Waals surface area contributed by atoms with E-state index in [1.54, 1.807) is 6.20 Å². The maximum Gasteiger partial charge on any atom is 0.234 e. The average molecular weight is 341 g/mol. The van der Waals surface area contributed by atoms with Crippen LogP contribution in [0.15, 0.2) is 48.8 Å². The molecule has 2 heterocycles. The van der Waals surface area contributed by atoms with E-state index in [9.17, 15) is 4.79 Å². The van der Waals surface area contributed by atoms with Crippen molar-refractivity contribution in [1.29, 1.82) is 0 Å². The quantitative estimate of drug-likeness (QED) is 0.759. The van der Waals surface area contributed by atoms with Crippen molar-refractivity contribution < 1.29 is 4.79 Å². The lowest BCUT2D eigenvalue weighted by molar-refractivity contribution is -0.121. The van der Waals surface area contributed by atoms with Crippen molar-refractivity contribution in [3.05, 3.63) is 54.4 Å². The molecular formula is C19H27N5O. The Kier molecular flexibility index (Phi) is 6.19. The number of benzene rings is 1. The van der Waals surface area contributed by atoms with E-state index in [-0.39, 0.29) is 18.0 Å². The van der Waals surface area contributed by atoms with E-state index in [4.69, 9.17) is 0 Å². The van der Waals surface area contributed by atoms with Crippen LogP contribution < -0.4 is 10.6 Å². The molecule has 2 unspecified atom stereocenters. The van der Waals surface area contributed by atoms with Gasteiger partial charge in [-0.05, 0) is 25.0 Å². The summed E-state index contributed by atoms with van der Waals surface area (Å²) >= 11 is 0. The van der Waals surface area contributed by atoms with Crippen LogP contribution in [0.3, 0.4) is 0 Å². The van der Waals surface area contributed by atoms with Gasteiger partial charge in [0.2, 0.25) is 5.91 Å². The second-order valence-electron chi connectivity index (χ2n) is 6.78. The van der Waals surface area contributed by atoms with Crippen molar-refractivity contribution in [2.24, 2.45) is 0 Å². The van der Waals surface area contributed by atoms with Crippen LogP contribution in [0.2, 0.25) is 0 Å². The summed E-state index contributed by atoms with van der Waals surface area (Å²) in [7, 11) is 0. The van der Waals surface area contributed by atoms with Crippen LogP contribution in [0.25, 0.3) is 0 Å². The van der Waals surface area contributed by atoms with E-state index >= 15 is 0 Å². The molecule has 2 atom stereocenters. The summed E-state index contributed by atoms with van der Waals surface area (Å²) in [5.41, 5.74) is 1.32. The Labute approximate surface area is 149 Å². The molecule has 0 spiro atoms. The van der Waals surface area contributed by atoms with Crippen LogP contribution in [-0.4, -0.2) is 52.3 Å². The lowest BCUT2D eigenvalue weighted by Crippen LogP contribution is -2.44. The highest BCUT2D eigenvalue weighted by atomic mass is 16.2. The number of aromatic nitrogens is 2. The minimum atomic E-state index is 0.0684. The molecule has 0 radical (unpaired) electrons. The van der Waals surface area contributed by atoms with Gasteiger partial charge in [0.15, 0.2) is 0 Å². The predicted molar refractivity (Wildman–Crippen MR) is 98.0 cm³/mol. The molecule has 1 saturated heterocycles. The normalized spacial score (nSPS) is 19.0. The lowest BCUT2D eigenvalue weighted by Gasteiger charge is -2.18. The first-order chi connectivity index (χ1) is 12.2. The molecule has 6 heteroatoms. The van der Waals surface area contributed by atoms with Crippen molar-refractivity contribution in [2.45, 2.75) is 38.5 Å². The Morgan fingerprint density at radius 2 is 2.16 bits per heavy atom. The summed E-state index contributed by atoms with van der Waals surface area (Å²) in [6.07, 6.45) is 4.71. The third-order valence-corrected chi connectivity index (χ3v) is 4.52. The number of carbonyl (C=O) groups is 1. The Balaban J connectivity index is 1.34. The van der Waals surface area contributed by atoms with E-state index in [1.807, 2.05) is 23.0 Å². The van der Waals surface area contributed by atoms with Gasteiger partial charge in [-0.2, -0.15) is 5.10 Å². The summed E-state index contributed by atoms with van der Waals surface area (Å²) in [5.74, 6) is 0.0684. The average Bonchev–Trinajstić information content (AvgIpc) is 3.26. The highest BCUT2D eigenvalue weighted by Gasteiger charge is 2.23. The molecule has 0 saturated carbocycles. The third-order valence-electron chi connectivity index (χ3n) is 4.52. The van der Waals surface area contributed by atoms with Gasteiger partial charge in [-0.1, -0.05) is 30.3 Å². The van der Waals surface area contributed by atoms with Gasteiger partial charge in [0.05, 0.1) is 13.1 Å². The molecule has 2 N–H and O–H groups in total. The van der Waals surface area contributed by atoms with E-state index < -0.39 is 0 Å². The number of likely N-dealkylation sites (tertiary alicyclic amines) is 1. The van der Waals surface area contributed by atoms with Gasteiger partial charge in [-0.25, -0.2) is 0 Å². The molecule has 3 rings (SSSR count). The van der Waals surface area contributed by atoms with Gasteiger partial charge in [-0.15, -0.1) is 0 Å². The molecular weight excluding hydrogens is 314 g/mol. The van der Waals surface area contributed by atoms with Crippen LogP contribution in [0.1, 0.15) is 18.9 Å². The van der Waals surface area contributed by atoms with Crippen LogP contribution in [0.5, 0.6) is 0 Å². The summed E-state index contributed by atoms with van der Waals surface area (Å²) in [6, 6.07) is 12.8. The number of nitrogens with one attached hydrogen (secondary N) is 2.